The topological polar surface area (TPSA) is 127 Å². The number of carbonyl (C=O) groups excluding carboxylic acids is 3. The third-order valence-corrected chi connectivity index (χ3v) is 8.63. The summed E-state index contributed by atoms with van der Waals surface area (Å²) in [7, 11) is 0. The van der Waals surface area contributed by atoms with Crippen molar-refractivity contribution >= 4 is 23.4 Å². The van der Waals surface area contributed by atoms with Gasteiger partial charge in [-0.15, -0.1) is 0 Å². The summed E-state index contributed by atoms with van der Waals surface area (Å²) in [5.74, 6) is -5.77. The van der Waals surface area contributed by atoms with Crippen LogP contribution in [0.15, 0.2) is 18.5 Å². The van der Waals surface area contributed by atoms with Crippen LogP contribution < -0.4 is 16.0 Å². The molecule has 5 fully saturated rings. The predicted molar refractivity (Wildman–Crippen MR) is 138 cm³/mol. The maximum Gasteiger partial charge on any atom is 0.255 e. The Labute approximate surface area is 227 Å². The number of halogens is 2. The van der Waals surface area contributed by atoms with E-state index in [-0.39, 0.29) is 24.7 Å². The molecule has 1 aromatic heterocycles. The summed E-state index contributed by atoms with van der Waals surface area (Å²) < 4.78 is 30.3. The average Bonchev–Trinajstić information content (AvgIpc) is 3.72. The third-order valence-electron chi connectivity index (χ3n) is 8.63. The highest BCUT2D eigenvalue weighted by molar-refractivity contribution is 5.92. The Bertz CT molecular complexity index is 1150. The minimum atomic E-state index is -3.09. The Morgan fingerprint density at radius 2 is 2.03 bits per heavy atom. The van der Waals surface area contributed by atoms with E-state index < -0.39 is 54.3 Å². The fraction of sp³-hybridized carbons (Fsp3) is 0.679. The number of pyridine rings is 1. The molecule has 2 bridgehead atoms. The van der Waals surface area contributed by atoms with E-state index in [0.717, 1.165) is 24.8 Å². The molecular weight excluding hydrogens is 506 g/mol. The number of nitrogens with one attached hydrogen (secondary N) is 3. The quantitative estimate of drug-likeness (QED) is 0.440. The zero-order valence-corrected chi connectivity index (χ0v) is 22.2. The van der Waals surface area contributed by atoms with Crippen LogP contribution >= 0.6 is 0 Å². The molecule has 0 radical (unpaired) electrons. The Balaban J connectivity index is 1.38. The van der Waals surface area contributed by atoms with E-state index in [2.05, 4.69) is 20.9 Å². The van der Waals surface area contributed by atoms with Crippen molar-refractivity contribution in [2.75, 3.05) is 11.9 Å². The molecule has 2 aliphatic carbocycles. The molecule has 3 N–H and O–H groups in total. The maximum atomic E-state index is 15.1. The average molecular weight is 543 g/mol. The second-order valence-electron chi connectivity index (χ2n) is 11.7. The Morgan fingerprint density at radius 1 is 1.23 bits per heavy atom. The normalized spacial score (nSPS) is 29.1. The fourth-order valence-corrected chi connectivity index (χ4v) is 6.49. The molecular formula is C28H36F2N6O3. The standard InChI is InChI=1S/C28H36F2N6O3/c1-16-9-20(15-32-14-16)34-23(10-17-4-5-17)27(39)36-21-6-7-22(28(29,30)12-21)24(36)26(38)35-19(13-31)11-18-3-2-8-33-25(18)37/h9,14-15,17-19,21-24,34H,2-8,10-12H2,1H3,(H,33,37)(H,35,38)/t18-,19-,21+,22+,23-,24+/m1/s1. The highest BCUT2D eigenvalue weighted by Crippen LogP contribution is 2.49. The van der Waals surface area contributed by atoms with Crippen molar-refractivity contribution in [1.29, 1.82) is 5.26 Å². The predicted octanol–water partition coefficient (Wildman–Crippen LogP) is 2.91. The van der Waals surface area contributed by atoms with Gasteiger partial charge >= 0.3 is 0 Å². The van der Waals surface area contributed by atoms with Gasteiger partial charge < -0.3 is 20.9 Å². The molecule has 9 nitrogen and oxygen atoms in total. The van der Waals surface area contributed by atoms with E-state index in [0.29, 0.717) is 37.4 Å². The molecule has 3 saturated heterocycles. The van der Waals surface area contributed by atoms with Gasteiger partial charge in [0.1, 0.15) is 18.1 Å². The molecule has 210 valence electrons. The molecule has 3 aliphatic heterocycles. The van der Waals surface area contributed by atoms with Crippen LogP contribution in [0.25, 0.3) is 0 Å². The molecule has 39 heavy (non-hydrogen) atoms. The Morgan fingerprint density at radius 3 is 2.69 bits per heavy atom. The maximum absolute atomic E-state index is 15.1. The van der Waals surface area contributed by atoms with E-state index >= 15 is 8.78 Å². The van der Waals surface area contributed by atoms with Crippen molar-refractivity contribution in [3.05, 3.63) is 24.0 Å². The molecule has 0 unspecified atom stereocenters. The first kappa shape index (κ1) is 27.3. The van der Waals surface area contributed by atoms with Crippen LogP contribution in [0.5, 0.6) is 0 Å². The molecule has 4 heterocycles. The van der Waals surface area contributed by atoms with Crippen molar-refractivity contribution in [1.82, 2.24) is 20.5 Å². The molecule has 6 rings (SSSR count). The number of alkyl halides is 2. The molecule has 0 aromatic carbocycles. The molecule has 2 saturated carbocycles. The van der Waals surface area contributed by atoms with Crippen molar-refractivity contribution in [2.45, 2.75) is 94.8 Å². The Kier molecular flexibility index (Phi) is 7.74. The largest absolute Gasteiger partial charge is 0.372 e. The lowest BCUT2D eigenvalue weighted by atomic mass is 9.71. The lowest BCUT2D eigenvalue weighted by Gasteiger charge is -2.54. The van der Waals surface area contributed by atoms with Gasteiger partial charge in [0.2, 0.25) is 17.7 Å². The number of aryl methyl sites for hydroxylation is 1. The molecule has 1 aromatic rings. The van der Waals surface area contributed by atoms with Crippen LogP contribution in [0.1, 0.15) is 63.4 Å². The highest BCUT2D eigenvalue weighted by Gasteiger charge is 2.61. The van der Waals surface area contributed by atoms with E-state index in [1.54, 1.807) is 12.4 Å². The first-order valence-electron chi connectivity index (χ1n) is 14.0. The number of carbonyl (C=O) groups is 3. The van der Waals surface area contributed by atoms with E-state index in [1.165, 1.54) is 4.90 Å². The SMILES string of the molecule is Cc1cncc(N[C@H](CC2CC2)C(=O)N2[C@H]3CC[C@@H]([C@H]2C(=O)N[C@@H](C#N)C[C@H]2CCCNC2=O)C(F)(F)C3)c1. The minimum Gasteiger partial charge on any atom is -0.372 e. The second kappa shape index (κ2) is 11.1. The van der Waals surface area contributed by atoms with E-state index in [1.807, 2.05) is 19.1 Å². The summed E-state index contributed by atoms with van der Waals surface area (Å²) in [6.07, 6.45) is 7.42. The number of nitriles is 1. The number of hydrogen-bond donors (Lipinski definition) is 3. The summed E-state index contributed by atoms with van der Waals surface area (Å²) in [6, 6.07) is 0.0543. The van der Waals surface area contributed by atoms with Gasteiger partial charge in [-0.25, -0.2) is 8.78 Å². The third kappa shape index (κ3) is 5.99. The lowest BCUT2D eigenvalue weighted by Crippen LogP contribution is -2.70. The van der Waals surface area contributed by atoms with Crippen molar-refractivity contribution in [3.8, 4) is 6.07 Å². The number of anilines is 1. The van der Waals surface area contributed by atoms with E-state index in [9.17, 15) is 19.6 Å². The van der Waals surface area contributed by atoms with Gasteiger partial charge in [-0.3, -0.25) is 19.4 Å². The number of rotatable bonds is 9. The molecule has 6 atom stereocenters. The summed E-state index contributed by atoms with van der Waals surface area (Å²) in [5, 5.41) is 18.4. The number of hydrogen-bond acceptors (Lipinski definition) is 6. The molecule has 3 amide bonds. The summed E-state index contributed by atoms with van der Waals surface area (Å²) in [6.45, 7) is 2.47. The molecule has 5 aliphatic rings. The van der Waals surface area contributed by atoms with Crippen molar-refractivity contribution < 1.29 is 23.2 Å². The van der Waals surface area contributed by atoms with Gasteiger partial charge in [0.15, 0.2) is 0 Å². The first-order valence-corrected chi connectivity index (χ1v) is 14.0. The summed E-state index contributed by atoms with van der Waals surface area (Å²) in [5.41, 5.74) is 1.58. The molecule has 0 spiro atoms. The minimum absolute atomic E-state index is 0.103. The number of nitrogens with zero attached hydrogens (tertiary/aromatic N) is 3. The van der Waals surface area contributed by atoms with Crippen LogP contribution in [0.2, 0.25) is 0 Å². The van der Waals surface area contributed by atoms with Gasteiger partial charge in [-0.05, 0) is 63.0 Å². The fourth-order valence-electron chi connectivity index (χ4n) is 6.49. The van der Waals surface area contributed by atoms with Crippen LogP contribution in [-0.2, 0) is 14.4 Å². The first-order chi connectivity index (χ1) is 18.7. The van der Waals surface area contributed by atoms with Gasteiger partial charge in [0, 0.05) is 37.3 Å². The van der Waals surface area contributed by atoms with Crippen molar-refractivity contribution in [3.63, 3.8) is 0 Å². The highest BCUT2D eigenvalue weighted by atomic mass is 19.3. The Hall–Kier alpha value is -3.29. The zero-order valence-electron chi connectivity index (χ0n) is 22.2. The van der Waals surface area contributed by atoms with Crippen molar-refractivity contribution in [2.24, 2.45) is 17.8 Å². The van der Waals surface area contributed by atoms with Crippen LogP contribution in [0, 0.1) is 36.0 Å². The summed E-state index contributed by atoms with van der Waals surface area (Å²) in [4.78, 5) is 45.5. The number of fused-ring (bicyclic) bond motifs is 3. The second-order valence-corrected chi connectivity index (χ2v) is 11.7. The van der Waals surface area contributed by atoms with Gasteiger partial charge in [-0.2, -0.15) is 5.26 Å². The smallest absolute Gasteiger partial charge is 0.255 e. The van der Waals surface area contributed by atoms with Gasteiger partial charge in [0.25, 0.3) is 5.92 Å². The van der Waals surface area contributed by atoms with Crippen LogP contribution in [0.4, 0.5) is 14.5 Å². The number of amides is 3. The number of aromatic nitrogens is 1. The lowest BCUT2D eigenvalue weighted by molar-refractivity contribution is -0.194. The van der Waals surface area contributed by atoms with Gasteiger partial charge in [0.05, 0.1) is 17.7 Å². The zero-order chi connectivity index (χ0) is 27.7. The monoisotopic (exact) mass is 542 g/mol. The molecule has 11 heteroatoms. The van der Waals surface area contributed by atoms with Crippen LogP contribution in [0.3, 0.4) is 0 Å². The van der Waals surface area contributed by atoms with E-state index in [4.69, 9.17) is 0 Å². The van der Waals surface area contributed by atoms with Crippen LogP contribution in [-0.4, -0.2) is 64.2 Å². The number of piperidine rings is 3. The summed E-state index contributed by atoms with van der Waals surface area (Å²) >= 11 is 0. The van der Waals surface area contributed by atoms with Gasteiger partial charge in [-0.1, -0.05) is 12.8 Å².